The topological polar surface area (TPSA) is 135 Å². The van der Waals surface area contributed by atoms with Crippen LogP contribution in [0.25, 0.3) is 0 Å². The molecule has 1 aromatic carbocycles. The third kappa shape index (κ3) is 3.91. The maximum absolute atomic E-state index is 14.9. The fourth-order valence-corrected chi connectivity index (χ4v) is 10.4. The Labute approximate surface area is 250 Å². The lowest BCUT2D eigenvalue weighted by Crippen LogP contribution is -2.76. The lowest BCUT2D eigenvalue weighted by molar-refractivity contribution is -0.384. The minimum absolute atomic E-state index is 0.0286. The number of fused-ring (bicyclic) bond motifs is 4. The van der Waals surface area contributed by atoms with Crippen molar-refractivity contribution in [3.63, 3.8) is 0 Å². The first kappa shape index (κ1) is 27.3. The van der Waals surface area contributed by atoms with Crippen molar-refractivity contribution in [2.75, 3.05) is 55.9 Å². The molecule has 1 spiro atoms. The molecule has 230 valence electrons. The van der Waals surface area contributed by atoms with Gasteiger partial charge in [-0.3, -0.25) is 29.9 Å². The quantitative estimate of drug-likeness (QED) is 0.318. The third-order valence-electron chi connectivity index (χ3n) is 12.0. The Morgan fingerprint density at radius 1 is 0.953 bits per heavy atom. The average molecular weight is 594 g/mol. The fraction of sp³-hybridized carbons (Fsp3) is 0.710. The van der Waals surface area contributed by atoms with Gasteiger partial charge in [-0.2, -0.15) is 0 Å². The second-order valence-electron chi connectivity index (χ2n) is 14.1. The molecule has 7 fully saturated rings. The number of imide groups is 2. The van der Waals surface area contributed by atoms with Crippen LogP contribution in [-0.4, -0.2) is 85.8 Å². The molecule has 12 heteroatoms. The summed E-state index contributed by atoms with van der Waals surface area (Å²) in [4.78, 5) is 59.7. The Kier molecular flexibility index (Phi) is 6.11. The zero-order valence-corrected chi connectivity index (χ0v) is 24.6. The van der Waals surface area contributed by atoms with Crippen LogP contribution >= 0.6 is 0 Å². The zero-order chi connectivity index (χ0) is 29.7. The van der Waals surface area contributed by atoms with E-state index in [0.717, 1.165) is 24.9 Å². The van der Waals surface area contributed by atoms with Gasteiger partial charge in [-0.1, -0.05) is 0 Å². The standard InChI is InChI=1S/C31H39N5O7/c1-18(30-13-19-8-20(14-30)10-21(9-19)15-30)35-28(38)31(27(37)32-29(35)39)16-22-11-25(36(40)41)24(33-2-5-42-6-3-33)12-23(22)34-4-7-43-17-26(31)34/h11-12,18-21,26H,2-10,13-17H2,1H3,(H,32,37,39)/t18-,19?,20?,21?,26-,30?,31-/m0/s1. The van der Waals surface area contributed by atoms with E-state index in [9.17, 15) is 24.5 Å². The second kappa shape index (κ2) is 9.62. The van der Waals surface area contributed by atoms with Crippen molar-refractivity contribution in [2.24, 2.45) is 28.6 Å². The summed E-state index contributed by atoms with van der Waals surface area (Å²) in [5.74, 6) is 0.782. The molecule has 4 aliphatic carbocycles. The molecule has 1 aromatic rings. The Morgan fingerprint density at radius 3 is 2.26 bits per heavy atom. The predicted molar refractivity (Wildman–Crippen MR) is 155 cm³/mol. The van der Waals surface area contributed by atoms with Crippen LogP contribution in [0.4, 0.5) is 21.9 Å². The molecule has 0 unspecified atom stereocenters. The monoisotopic (exact) mass is 593 g/mol. The molecular formula is C31H39N5O7. The molecule has 4 aliphatic heterocycles. The molecule has 4 amide bonds. The van der Waals surface area contributed by atoms with Crippen LogP contribution < -0.4 is 15.1 Å². The number of nitrogens with zero attached hydrogens (tertiary/aromatic N) is 4. The number of rotatable bonds is 4. The smallest absolute Gasteiger partial charge is 0.331 e. The number of barbiturate groups is 1. The van der Waals surface area contributed by atoms with E-state index in [1.54, 1.807) is 0 Å². The summed E-state index contributed by atoms with van der Waals surface area (Å²) in [6, 6.07) is 1.75. The normalized spacial score (nSPS) is 37.3. The van der Waals surface area contributed by atoms with Gasteiger partial charge in [0.25, 0.3) is 5.69 Å². The van der Waals surface area contributed by atoms with Crippen molar-refractivity contribution in [3.8, 4) is 0 Å². The van der Waals surface area contributed by atoms with E-state index in [2.05, 4.69) is 5.32 Å². The van der Waals surface area contributed by atoms with E-state index in [1.165, 1.54) is 30.2 Å². The van der Waals surface area contributed by atoms with Crippen LogP contribution in [0, 0.1) is 38.7 Å². The maximum atomic E-state index is 14.9. The van der Waals surface area contributed by atoms with Gasteiger partial charge >= 0.3 is 6.03 Å². The van der Waals surface area contributed by atoms with Gasteiger partial charge in [0.1, 0.15) is 5.69 Å². The summed E-state index contributed by atoms with van der Waals surface area (Å²) in [7, 11) is 0. The van der Waals surface area contributed by atoms with Gasteiger partial charge in [0.15, 0.2) is 5.41 Å². The minimum atomic E-state index is -1.63. The fourth-order valence-electron chi connectivity index (χ4n) is 10.4. The Balaban J connectivity index is 1.21. The first-order chi connectivity index (χ1) is 20.7. The number of nitro benzene ring substituents is 1. The summed E-state index contributed by atoms with van der Waals surface area (Å²) >= 11 is 0. The largest absolute Gasteiger partial charge is 0.378 e. The van der Waals surface area contributed by atoms with Crippen molar-refractivity contribution in [1.29, 1.82) is 0 Å². The maximum Gasteiger partial charge on any atom is 0.331 e. The number of amides is 4. The van der Waals surface area contributed by atoms with Crippen LogP contribution in [0.2, 0.25) is 0 Å². The number of anilines is 2. The molecule has 43 heavy (non-hydrogen) atoms. The molecule has 1 N–H and O–H groups in total. The van der Waals surface area contributed by atoms with Gasteiger partial charge in [-0.15, -0.1) is 0 Å². The first-order valence-corrected chi connectivity index (χ1v) is 15.9. The highest BCUT2D eigenvalue weighted by Gasteiger charge is 2.65. The van der Waals surface area contributed by atoms with Crippen molar-refractivity contribution in [1.82, 2.24) is 10.2 Å². The van der Waals surface area contributed by atoms with Crippen LogP contribution in [0.1, 0.15) is 51.0 Å². The molecule has 3 saturated heterocycles. The van der Waals surface area contributed by atoms with E-state index in [0.29, 0.717) is 68.5 Å². The number of hydrogen-bond donors (Lipinski definition) is 1. The van der Waals surface area contributed by atoms with Gasteiger partial charge in [0.05, 0.1) is 37.4 Å². The highest BCUT2D eigenvalue weighted by Crippen LogP contribution is 2.62. The van der Waals surface area contributed by atoms with Crippen molar-refractivity contribution in [3.05, 3.63) is 27.8 Å². The van der Waals surface area contributed by atoms with Gasteiger partial charge in [-0.05, 0) is 80.2 Å². The summed E-state index contributed by atoms with van der Waals surface area (Å²) in [5.41, 5.74) is 0.0452. The van der Waals surface area contributed by atoms with Crippen LogP contribution in [0.15, 0.2) is 12.1 Å². The van der Waals surface area contributed by atoms with E-state index in [-0.39, 0.29) is 30.2 Å². The summed E-state index contributed by atoms with van der Waals surface area (Å²) in [5, 5.41) is 14.9. The number of carbonyl (C=O) groups excluding carboxylic acids is 3. The molecule has 0 aromatic heterocycles. The van der Waals surface area contributed by atoms with Gasteiger partial charge in [0.2, 0.25) is 11.8 Å². The van der Waals surface area contributed by atoms with Crippen molar-refractivity contribution >= 4 is 34.9 Å². The van der Waals surface area contributed by atoms with Gasteiger partial charge < -0.3 is 19.3 Å². The summed E-state index contributed by atoms with van der Waals surface area (Å²) in [6.45, 7) is 5.02. The molecule has 4 bridgehead atoms. The zero-order valence-electron chi connectivity index (χ0n) is 24.6. The SMILES string of the molecule is C[C@H](N1C(=O)NC(=O)[C@@]2(Cc3cc([N+](=O)[O-])c(N4CCOCC4)cc3N3CCOC[C@H]32)C1=O)C12CC3CC(CC(C3)C1)C2. The number of nitrogens with one attached hydrogen (secondary N) is 1. The number of benzene rings is 1. The third-order valence-corrected chi connectivity index (χ3v) is 12.0. The van der Waals surface area contributed by atoms with Gasteiger partial charge in [-0.25, -0.2) is 4.79 Å². The second-order valence-corrected chi connectivity index (χ2v) is 14.1. The number of ether oxygens (including phenoxy) is 2. The highest BCUT2D eigenvalue weighted by atomic mass is 16.6. The van der Waals surface area contributed by atoms with Gasteiger partial charge in [0, 0.05) is 43.9 Å². The number of carbonyl (C=O) groups is 3. The number of morpholine rings is 2. The molecule has 4 saturated carbocycles. The lowest BCUT2D eigenvalue weighted by atomic mass is 9.47. The van der Waals surface area contributed by atoms with Crippen molar-refractivity contribution in [2.45, 2.75) is 64.0 Å². The predicted octanol–water partition coefficient (Wildman–Crippen LogP) is 2.86. The number of hydrogen-bond acceptors (Lipinski definition) is 9. The van der Waals surface area contributed by atoms with E-state index >= 15 is 0 Å². The van der Waals surface area contributed by atoms with Crippen LogP contribution in [0.5, 0.6) is 0 Å². The summed E-state index contributed by atoms with van der Waals surface area (Å²) in [6.07, 6.45) is 6.72. The van der Waals surface area contributed by atoms with E-state index < -0.39 is 34.2 Å². The molecule has 8 aliphatic rings. The van der Waals surface area contributed by atoms with Crippen LogP contribution in [-0.2, 0) is 25.5 Å². The lowest BCUT2D eigenvalue weighted by Gasteiger charge is -2.61. The number of urea groups is 1. The number of nitro groups is 1. The first-order valence-electron chi connectivity index (χ1n) is 15.9. The Hall–Kier alpha value is -3.25. The minimum Gasteiger partial charge on any atom is -0.378 e. The Morgan fingerprint density at radius 2 is 1.60 bits per heavy atom. The Bertz CT molecular complexity index is 1370. The van der Waals surface area contributed by atoms with E-state index in [1.807, 2.05) is 22.8 Å². The van der Waals surface area contributed by atoms with Crippen LogP contribution in [0.3, 0.4) is 0 Å². The molecule has 9 rings (SSSR count). The molecule has 4 heterocycles. The highest BCUT2D eigenvalue weighted by molar-refractivity contribution is 6.20. The summed E-state index contributed by atoms with van der Waals surface area (Å²) < 4.78 is 11.4. The van der Waals surface area contributed by atoms with E-state index in [4.69, 9.17) is 9.47 Å². The van der Waals surface area contributed by atoms with Crippen molar-refractivity contribution < 1.29 is 28.8 Å². The molecular weight excluding hydrogens is 554 g/mol. The average Bonchev–Trinajstić information content (AvgIpc) is 2.99. The molecule has 0 radical (unpaired) electrons. The molecule has 3 atom stereocenters. The molecule has 12 nitrogen and oxygen atoms in total.